The van der Waals surface area contributed by atoms with Gasteiger partial charge in [0.1, 0.15) is 0 Å². The Morgan fingerprint density at radius 1 is 1.21 bits per heavy atom. The van der Waals surface area contributed by atoms with Crippen molar-refractivity contribution in [3.8, 4) is 0 Å². The minimum absolute atomic E-state index is 0.0299. The molecule has 3 atom stereocenters. The van der Waals surface area contributed by atoms with Gasteiger partial charge in [-0.3, -0.25) is 14.4 Å². The Hall–Kier alpha value is -2.81. The van der Waals surface area contributed by atoms with E-state index >= 15 is 0 Å². The molecule has 3 heterocycles. The van der Waals surface area contributed by atoms with Crippen molar-refractivity contribution < 1.29 is 23.5 Å². The van der Waals surface area contributed by atoms with Crippen LogP contribution in [0.15, 0.2) is 22.7 Å². The molecule has 2 amide bonds. The molecule has 0 bridgehead atoms. The summed E-state index contributed by atoms with van der Waals surface area (Å²) in [6.07, 6.45) is 6.56. The van der Waals surface area contributed by atoms with Gasteiger partial charge in [0.15, 0.2) is 11.2 Å². The molecule has 1 saturated carbocycles. The molecular weight excluding hydrogens is 436 g/mol. The zero-order chi connectivity index (χ0) is 24.1. The van der Waals surface area contributed by atoms with Gasteiger partial charge in [0.05, 0.1) is 19.3 Å². The van der Waals surface area contributed by atoms with Gasteiger partial charge in [-0.15, -0.1) is 0 Å². The fraction of sp³-hybridized carbons (Fsp3) is 0.640. The van der Waals surface area contributed by atoms with Gasteiger partial charge in [0.2, 0.25) is 17.6 Å². The van der Waals surface area contributed by atoms with Crippen LogP contribution in [0.25, 0.3) is 11.2 Å². The molecular formula is C25H34N4O5. The highest BCUT2D eigenvalue weighted by molar-refractivity contribution is 6.00. The van der Waals surface area contributed by atoms with Gasteiger partial charge < -0.3 is 19.4 Å². The summed E-state index contributed by atoms with van der Waals surface area (Å²) in [5, 5.41) is 2.92. The van der Waals surface area contributed by atoms with Gasteiger partial charge in [-0.2, -0.15) is 4.98 Å². The van der Waals surface area contributed by atoms with Crippen molar-refractivity contribution in [3.05, 3.63) is 24.2 Å². The monoisotopic (exact) mass is 470 g/mol. The van der Waals surface area contributed by atoms with E-state index in [1.54, 1.807) is 23.2 Å². The third kappa shape index (κ3) is 5.46. The molecule has 9 nitrogen and oxygen atoms in total. The first kappa shape index (κ1) is 24.3. The summed E-state index contributed by atoms with van der Waals surface area (Å²) in [5.41, 5.74) is 0.784. The Labute approximate surface area is 199 Å². The van der Waals surface area contributed by atoms with E-state index in [1.165, 1.54) is 0 Å². The van der Waals surface area contributed by atoms with Crippen LogP contribution in [0.1, 0.15) is 63.1 Å². The average Bonchev–Trinajstić information content (AvgIpc) is 3.55. The molecule has 184 valence electrons. The van der Waals surface area contributed by atoms with Crippen LogP contribution in [0.2, 0.25) is 0 Å². The second-order valence-corrected chi connectivity index (χ2v) is 9.39. The maximum Gasteiger partial charge on any atom is 0.268 e. The summed E-state index contributed by atoms with van der Waals surface area (Å²) in [5.74, 6) is -0.772. The molecule has 4 rings (SSSR count). The summed E-state index contributed by atoms with van der Waals surface area (Å²) in [6.45, 7) is 6.04. The lowest BCUT2D eigenvalue weighted by molar-refractivity contribution is -0.141. The van der Waals surface area contributed by atoms with Crippen LogP contribution < -0.4 is 5.32 Å². The summed E-state index contributed by atoms with van der Waals surface area (Å²) in [7, 11) is 0. The van der Waals surface area contributed by atoms with E-state index in [0.29, 0.717) is 49.9 Å². The van der Waals surface area contributed by atoms with Crippen molar-refractivity contribution in [1.29, 1.82) is 0 Å². The molecule has 1 saturated heterocycles. The molecule has 2 aliphatic rings. The number of ether oxygens (including phenoxy) is 1. The van der Waals surface area contributed by atoms with Crippen LogP contribution >= 0.6 is 0 Å². The van der Waals surface area contributed by atoms with Gasteiger partial charge in [0, 0.05) is 31.6 Å². The molecule has 0 aromatic carbocycles. The number of nitrogens with one attached hydrogen (secondary N) is 1. The number of hydrogen-bond acceptors (Lipinski definition) is 7. The second-order valence-electron chi connectivity index (χ2n) is 9.39. The van der Waals surface area contributed by atoms with Crippen LogP contribution in [-0.2, 0) is 14.3 Å². The maximum absolute atomic E-state index is 13.5. The second kappa shape index (κ2) is 11.1. The number of rotatable bonds is 9. The first-order valence-corrected chi connectivity index (χ1v) is 12.4. The van der Waals surface area contributed by atoms with E-state index in [1.807, 2.05) is 6.92 Å². The number of amides is 2. The number of carbonyl (C=O) groups is 3. The topological polar surface area (TPSA) is 115 Å². The number of ketones is 1. The zero-order valence-corrected chi connectivity index (χ0v) is 20.0. The molecule has 2 aromatic rings. The summed E-state index contributed by atoms with van der Waals surface area (Å²) in [6, 6.07) is 2.63. The Kier molecular flexibility index (Phi) is 7.92. The standard InChI is InChI=1S/C25H34N4O5/c1-3-19(22(31)25-28-23-20(34-25)9-6-10-26-23)27-24(32)18(16(2)17-7-4-5-8-17)15-21(30)29-11-13-33-14-12-29/h6,9-10,16-19H,3-5,7-8,11-15H2,1-2H3,(H,27,32). The number of morpholine rings is 1. The SMILES string of the molecule is CCC(NC(=O)C(CC(=O)N1CCOCC1)C(C)C1CCCC1)C(=O)c1nc2ncccc2o1. The number of oxazole rings is 1. The minimum Gasteiger partial charge on any atom is -0.432 e. The zero-order valence-electron chi connectivity index (χ0n) is 20.0. The lowest BCUT2D eigenvalue weighted by Crippen LogP contribution is -2.48. The van der Waals surface area contributed by atoms with Crippen molar-refractivity contribution in [2.24, 2.45) is 17.8 Å². The van der Waals surface area contributed by atoms with Crippen molar-refractivity contribution in [2.45, 2.75) is 58.4 Å². The van der Waals surface area contributed by atoms with E-state index in [0.717, 1.165) is 25.7 Å². The third-order valence-electron chi connectivity index (χ3n) is 7.29. The lowest BCUT2D eigenvalue weighted by Gasteiger charge is -2.32. The van der Waals surface area contributed by atoms with E-state index in [4.69, 9.17) is 9.15 Å². The van der Waals surface area contributed by atoms with Crippen LogP contribution in [0, 0.1) is 17.8 Å². The van der Waals surface area contributed by atoms with Crippen LogP contribution in [0.5, 0.6) is 0 Å². The number of pyridine rings is 1. The van der Waals surface area contributed by atoms with E-state index < -0.39 is 12.0 Å². The number of fused-ring (bicyclic) bond motifs is 1. The van der Waals surface area contributed by atoms with Gasteiger partial charge in [-0.25, -0.2) is 4.98 Å². The Morgan fingerprint density at radius 2 is 1.94 bits per heavy atom. The number of hydrogen-bond donors (Lipinski definition) is 1. The van der Waals surface area contributed by atoms with Gasteiger partial charge in [0.25, 0.3) is 5.89 Å². The Morgan fingerprint density at radius 3 is 2.62 bits per heavy atom. The number of aromatic nitrogens is 2. The molecule has 1 aliphatic heterocycles. The fourth-order valence-corrected chi connectivity index (χ4v) is 5.11. The van der Waals surface area contributed by atoms with Gasteiger partial charge in [-0.05, 0) is 30.4 Å². The van der Waals surface area contributed by atoms with Crippen LogP contribution in [-0.4, -0.2) is 64.8 Å². The highest BCUT2D eigenvalue weighted by atomic mass is 16.5. The third-order valence-corrected chi connectivity index (χ3v) is 7.29. The largest absolute Gasteiger partial charge is 0.432 e. The maximum atomic E-state index is 13.5. The minimum atomic E-state index is -0.780. The molecule has 0 radical (unpaired) electrons. The molecule has 2 aromatic heterocycles. The molecule has 9 heteroatoms. The highest BCUT2D eigenvalue weighted by Crippen LogP contribution is 2.36. The first-order valence-electron chi connectivity index (χ1n) is 12.4. The quantitative estimate of drug-likeness (QED) is 0.560. The predicted molar refractivity (Wildman–Crippen MR) is 125 cm³/mol. The Balaban J connectivity index is 1.49. The van der Waals surface area contributed by atoms with Crippen LogP contribution in [0.3, 0.4) is 0 Å². The lowest BCUT2D eigenvalue weighted by atomic mass is 9.79. The van der Waals surface area contributed by atoms with Crippen molar-refractivity contribution in [3.63, 3.8) is 0 Å². The predicted octanol–water partition coefficient (Wildman–Crippen LogP) is 2.99. The van der Waals surface area contributed by atoms with Gasteiger partial charge >= 0.3 is 0 Å². The summed E-state index contributed by atoms with van der Waals surface area (Å²) in [4.78, 5) is 49.7. The molecule has 1 aliphatic carbocycles. The number of carbonyl (C=O) groups excluding carboxylic acids is 3. The van der Waals surface area contributed by atoms with Crippen molar-refractivity contribution >= 4 is 28.8 Å². The fourth-order valence-electron chi connectivity index (χ4n) is 5.11. The van der Waals surface area contributed by atoms with E-state index in [-0.39, 0.29) is 35.8 Å². The summed E-state index contributed by atoms with van der Waals surface area (Å²) < 4.78 is 10.9. The molecule has 1 N–H and O–H groups in total. The smallest absolute Gasteiger partial charge is 0.268 e. The summed E-state index contributed by atoms with van der Waals surface area (Å²) >= 11 is 0. The Bertz CT molecular complexity index is 977. The molecule has 2 fully saturated rings. The normalized spacial score (nSPS) is 19.6. The van der Waals surface area contributed by atoms with Gasteiger partial charge in [-0.1, -0.05) is 39.5 Å². The average molecular weight is 471 g/mol. The van der Waals surface area contributed by atoms with Crippen molar-refractivity contribution in [1.82, 2.24) is 20.2 Å². The first-order chi connectivity index (χ1) is 16.5. The van der Waals surface area contributed by atoms with Crippen molar-refractivity contribution in [2.75, 3.05) is 26.3 Å². The highest BCUT2D eigenvalue weighted by Gasteiger charge is 2.37. The number of Topliss-reactive ketones (excluding diaryl/α,β-unsaturated/α-hetero) is 1. The molecule has 0 spiro atoms. The molecule has 3 unspecified atom stereocenters. The number of nitrogens with zero attached hydrogens (tertiary/aromatic N) is 3. The molecule has 34 heavy (non-hydrogen) atoms. The van der Waals surface area contributed by atoms with E-state index in [2.05, 4.69) is 22.2 Å². The van der Waals surface area contributed by atoms with E-state index in [9.17, 15) is 14.4 Å². The van der Waals surface area contributed by atoms with Crippen LogP contribution in [0.4, 0.5) is 0 Å².